The third kappa shape index (κ3) is 3.56. The predicted octanol–water partition coefficient (Wildman–Crippen LogP) is 3.13. The van der Waals surface area contributed by atoms with Gasteiger partial charge in [-0.05, 0) is 36.2 Å². The van der Waals surface area contributed by atoms with Gasteiger partial charge in [0.25, 0.3) is 0 Å². The fourth-order valence-electron chi connectivity index (χ4n) is 2.69. The van der Waals surface area contributed by atoms with Crippen molar-refractivity contribution in [3.05, 3.63) is 59.9 Å². The summed E-state index contributed by atoms with van der Waals surface area (Å²) in [5.41, 5.74) is 1.73. The van der Waals surface area contributed by atoms with Gasteiger partial charge in [-0.2, -0.15) is 0 Å². The summed E-state index contributed by atoms with van der Waals surface area (Å²) in [6.45, 7) is 0.700. The topological polar surface area (TPSA) is 49.4 Å². The molecule has 0 spiro atoms. The van der Waals surface area contributed by atoms with Gasteiger partial charge >= 0.3 is 0 Å². The maximum Gasteiger partial charge on any atom is 0.228 e. The fraction of sp³-hybridized carbons (Fsp3) is 0.222. The smallest absolute Gasteiger partial charge is 0.228 e. The highest BCUT2D eigenvalue weighted by molar-refractivity contribution is 5.97. The molecule has 0 saturated carbocycles. The summed E-state index contributed by atoms with van der Waals surface area (Å²) in [4.78, 5) is 25.6. The Bertz CT molecular complexity index is 745. The Morgan fingerprint density at radius 1 is 1.17 bits per heavy atom. The maximum atomic E-state index is 13.6. The minimum Gasteiger partial charge on any atom is -0.326 e. The Labute approximate surface area is 133 Å². The number of benzene rings is 2. The zero-order valence-corrected chi connectivity index (χ0v) is 12.6. The normalized spacial score (nSPS) is 14.1. The van der Waals surface area contributed by atoms with Crippen LogP contribution in [0, 0.1) is 5.82 Å². The minimum atomic E-state index is -0.390. The highest BCUT2D eigenvalue weighted by atomic mass is 19.1. The molecule has 3 rings (SSSR count). The number of hydrogen-bond acceptors (Lipinski definition) is 2. The van der Waals surface area contributed by atoms with Crippen LogP contribution >= 0.6 is 0 Å². The van der Waals surface area contributed by atoms with E-state index >= 15 is 0 Å². The van der Waals surface area contributed by atoms with Crippen LogP contribution in [-0.4, -0.2) is 18.4 Å². The van der Waals surface area contributed by atoms with Gasteiger partial charge in [-0.25, -0.2) is 4.39 Å². The number of hydrogen-bond donors (Lipinski definition) is 1. The van der Waals surface area contributed by atoms with Crippen LogP contribution in [-0.2, 0) is 16.0 Å². The van der Waals surface area contributed by atoms with Gasteiger partial charge in [0.15, 0.2) is 0 Å². The molecule has 0 aromatic heterocycles. The zero-order chi connectivity index (χ0) is 16.2. The summed E-state index contributed by atoms with van der Waals surface area (Å²) in [6.07, 6.45) is 1.38. The molecule has 2 amide bonds. The van der Waals surface area contributed by atoms with Gasteiger partial charge in [0, 0.05) is 24.3 Å². The molecule has 0 radical (unpaired) electrons. The zero-order valence-electron chi connectivity index (χ0n) is 12.6. The molecule has 0 atom stereocenters. The second kappa shape index (κ2) is 6.60. The average molecular weight is 312 g/mol. The van der Waals surface area contributed by atoms with Gasteiger partial charge in [0.1, 0.15) is 5.82 Å². The monoisotopic (exact) mass is 312 g/mol. The molecule has 1 heterocycles. The Balaban J connectivity index is 1.69. The largest absolute Gasteiger partial charge is 0.326 e. The van der Waals surface area contributed by atoms with Gasteiger partial charge in [0.2, 0.25) is 11.8 Å². The molecule has 0 bridgehead atoms. The molecule has 5 heteroatoms. The van der Waals surface area contributed by atoms with Gasteiger partial charge in [-0.3, -0.25) is 9.59 Å². The number of anilines is 2. The quantitative estimate of drug-likeness (QED) is 0.943. The van der Waals surface area contributed by atoms with Crippen LogP contribution in [0.25, 0.3) is 0 Å². The van der Waals surface area contributed by atoms with Crippen molar-refractivity contribution in [1.29, 1.82) is 0 Å². The summed E-state index contributed by atoms with van der Waals surface area (Å²) in [5, 5.41) is 2.75. The minimum absolute atomic E-state index is 0.0282. The lowest BCUT2D eigenvalue weighted by atomic mass is 10.1. The first-order valence-corrected chi connectivity index (χ1v) is 7.57. The highest BCUT2D eigenvalue weighted by Gasteiger charge is 2.21. The number of nitrogens with zero attached hydrogens (tertiary/aromatic N) is 1. The number of rotatable bonds is 4. The van der Waals surface area contributed by atoms with Gasteiger partial charge in [0.05, 0.1) is 6.42 Å². The molecule has 1 aliphatic rings. The van der Waals surface area contributed by atoms with Crippen LogP contribution in [0.15, 0.2) is 48.5 Å². The molecule has 1 N–H and O–H groups in total. The van der Waals surface area contributed by atoms with Crippen molar-refractivity contribution in [1.82, 2.24) is 0 Å². The third-order valence-corrected chi connectivity index (χ3v) is 3.82. The SMILES string of the molecule is O=C(Cc1ccccc1F)Nc1cccc(N2CCCC2=O)c1. The lowest BCUT2D eigenvalue weighted by Gasteiger charge is -2.16. The maximum absolute atomic E-state index is 13.6. The third-order valence-electron chi connectivity index (χ3n) is 3.82. The van der Waals surface area contributed by atoms with Crippen molar-refractivity contribution in [2.24, 2.45) is 0 Å². The Morgan fingerprint density at radius 3 is 2.74 bits per heavy atom. The molecular weight excluding hydrogens is 295 g/mol. The average Bonchev–Trinajstić information content (AvgIpc) is 2.96. The van der Waals surface area contributed by atoms with Crippen molar-refractivity contribution in [2.75, 3.05) is 16.8 Å². The van der Waals surface area contributed by atoms with Crippen LogP contribution in [0.1, 0.15) is 18.4 Å². The van der Waals surface area contributed by atoms with Crippen LogP contribution in [0.3, 0.4) is 0 Å². The Morgan fingerprint density at radius 2 is 2.00 bits per heavy atom. The molecule has 118 valence electrons. The van der Waals surface area contributed by atoms with Crippen molar-refractivity contribution < 1.29 is 14.0 Å². The van der Waals surface area contributed by atoms with E-state index in [0.29, 0.717) is 24.2 Å². The number of carbonyl (C=O) groups excluding carboxylic acids is 2. The molecule has 1 aliphatic heterocycles. The van der Waals surface area contributed by atoms with E-state index in [1.807, 2.05) is 6.07 Å². The summed E-state index contributed by atoms with van der Waals surface area (Å²) in [7, 11) is 0. The first-order valence-electron chi connectivity index (χ1n) is 7.57. The van der Waals surface area contributed by atoms with Crippen LogP contribution < -0.4 is 10.2 Å². The number of amides is 2. The first kappa shape index (κ1) is 15.2. The number of carbonyl (C=O) groups is 2. The van der Waals surface area contributed by atoms with E-state index < -0.39 is 0 Å². The molecular formula is C18H17FN2O2. The molecule has 0 unspecified atom stereocenters. The summed E-state index contributed by atoms with van der Waals surface area (Å²) < 4.78 is 13.6. The molecule has 4 nitrogen and oxygen atoms in total. The second-order valence-corrected chi connectivity index (χ2v) is 5.52. The first-order chi connectivity index (χ1) is 11.1. The molecule has 2 aromatic rings. The van der Waals surface area contributed by atoms with E-state index in [2.05, 4.69) is 5.32 Å². The van der Waals surface area contributed by atoms with Crippen molar-refractivity contribution in [3.63, 3.8) is 0 Å². The van der Waals surface area contributed by atoms with Crippen LogP contribution in [0.4, 0.5) is 15.8 Å². The summed E-state index contributed by atoms with van der Waals surface area (Å²) in [6, 6.07) is 13.4. The summed E-state index contributed by atoms with van der Waals surface area (Å²) in [5.74, 6) is -0.584. The molecule has 23 heavy (non-hydrogen) atoms. The van der Waals surface area contributed by atoms with E-state index in [4.69, 9.17) is 0 Å². The number of nitrogens with one attached hydrogen (secondary N) is 1. The lowest BCUT2D eigenvalue weighted by molar-refractivity contribution is -0.117. The molecule has 0 aliphatic carbocycles. The van der Waals surface area contributed by atoms with Crippen LogP contribution in [0.5, 0.6) is 0 Å². The molecule has 1 saturated heterocycles. The van der Waals surface area contributed by atoms with Gasteiger partial charge < -0.3 is 10.2 Å². The van der Waals surface area contributed by atoms with E-state index in [1.165, 1.54) is 6.07 Å². The Hall–Kier alpha value is -2.69. The second-order valence-electron chi connectivity index (χ2n) is 5.52. The summed E-state index contributed by atoms with van der Waals surface area (Å²) >= 11 is 0. The standard InChI is InChI=1S/C18H17FN2O2/c19-16-8-2-1-5-13(16)11-17(22)20-14-6-3-7-15(12-14)21-10-4-9-18(21)23/h1-3,5-8,12H,4,9-11H2,(H,20,22). The number of halogens is 1. The van der Waals surface area contributed by atoms with E-state index in [1.54, 1.807) is 41.3 Å². The van der Waals surface area contributed by atoms with Crippen LogP contribution in [0.2, 0.25) is 0 Å². The van der Waals surface area contributed by atoms with Crippen molar-refractivity contribution in [2.45, 2.75) is 19.3 Å². The fourth-order valence-corrected chi connectivity index (χ4v) is 2.69. The highest BCUT2D eigenvalue weighted by Crippen LogP contribution is 2.24. The molecule has 1 fully saturated rings. The van der Waals surface area contributed by atoms with Crippen molar-refractivity contribution >= 4 is 23.2 Å². The van der Waals surface area contributed by atoms with Crippen molar-refractivity contribution in [3.8, 4) is 0 Å². The van der Waals surface area contributed by atoms with E-state index in [9.17, 15) is 14.0 Å². The molecule has 2 aromatic carbocycles. The van der Waals surface area contributed by atoms with Gasteiger partial charge in [-0.1, -0.05) is 24.3 Å². The Kier molecular flexibility index (Phi) is 4.37. The predicted molar refractivity (Wildman–Crippen MR) is 86.8 cm³/mol. The van der Waals surface area contributed by atoms with E-state index in [-0.39, 0.29) is 24.1 Å². The van der Waals surface area contributed by atoms with Gasteiger partial charge in [-0.15, -0.1) is 0 Å². The lowest BCUT2D eigenvalue weighted by Crippen LogP contribution is -2.23. The van der Waals surface area contributed by atoms with E-state index in [0.717, 1.165) is 12.1 Å².